The highest BCUT2D eigenvalue weighted by atomic mass is 16.7. The van der Waals surface area contributed by atoms with Crippen molar-refractivity contribution < 1.29 is 128 Å². The van der Waals surface area contributed by atoms with Crippen LogP contribution in [-0.4, -0.2) is 309 Å². The van der Waals surface area contributed by atoms with Gasteiger partial charge in [-0.3, -0.25) is 33.7 Å². The van der Waals surface area contributed by atoms with E-state index >= 15 is 0 Å². The molecule has 4 aliphatic rings. The minimum Gasteiger partial charge on any atom is -0.396 e. The van der Waals surface area contributed by atoms with Crippen LogP contribution < -0.4 is 26.6 Å². The molecule has 1 aliphatic carbocycles. The monoisotopic (exact) mass is 1240 g/mol. The number of nitrogens with zero attached hydrogens (tertiary/aromatic N) is 1. The number of hydrogen-bond acceptors (Lipinski definition) is 27. The molecule has 18 N–H and O–H groups in total. The molecule has 0 aromatic heterocycles. The number of amides is 5. The Bertz CT molecular complexity index is 2020. The van der Waals surface area contributed by atoms with Gasteiger partial charge in [-0.2, -0.15) is 0 Å². The molecular formula is C54H96N6O26. The predicted octanol–water partition coefficient (Wildman–Crippen LogP) is -7.89. The molecule has 0 spiro atoms. The van der Waals surface area contributed by atoms with Gasteiger partial charge in [-0.25, -0.2) is 0 Å². The maximum absolute atomic E-state index is 13.1. The molecule has 0 aromatic carbocycles. The molecule has 1 saturated carbocycles. The Balaban J connectivity index is 1.21. The Morgan fingerprint density at radius 1 is 0.453 bits per heavy atom. The fourth-order valence-electron chi connectivity index (χ4n) is 10.1. The second-order valence-electron chi connectivity index (χ2n) is 22.2. The van der Waals surface area contributed by atoms with Gasteiger partial charge in [0.1, 0.15) is 85.1 Å². The van der Waals surface area contributed by atoms with Gasteiger partial charge in [0.2, 0.25) is 29.5 Å². The summed E-state index contributed by atoms with van der Waals surface area (Å²) in [5.41, 5.74) is 0. The number of ether oxygens (including phenoxy) is 7. The SMILES string of the molecule is CCCC(=O)CCCCCNC(=O)CN(CC(=O)NCCCCCC(=O)NCCO[C@@H]1O[C@@H](C)[C@@H](O)[C@@H](O)[C@@H]1O)CC(=O)NCCCC(=O)NCCO[C@H]1O[C@H](CO[C@H]2C[C@H](CO)[C@@H](O)[C@H](O)[C@@H]2O)[C@@H](O)[C@H](O[C@H]2O[C@H](CO)[C@@H](O)[C@H](O)[C@@H]2O)[C@@H]1O. The molecule has 0 radical (unpaired) electrons. The first-order chi connectivity index (χ1) is 41.0. The number of nitrogens with one attached hydrogen (secondary N) is 5. The standard InChI is InChI=1S/C54H96N6O26/c1-3-11-31(63)12-6-4-8-15-55-37(66)23-60(24-38(67)56-16-9-5-7-13-35(64)58-18-20-80-52-48(77)45(74)40(69)29(2)83-52)25-39(68)57-17-10-14-36(65)59-19-21-81-53-50(79)51(86-54-49(78)47(76)43(72)33(27-62)84-54)44(73)34(85-53)28-82-32-22-30(26-61)41(70)46(75)42(32)71/h29-30,32-34,40-54,61-62,69-79H,3-28H2,1-2H3,(H,55,66)(H,56,67)(H,57,68)(H,58,64)(H,59,65)/t29-,30+,32-,33+,34+,40+,41+,42+,43+,44+,45+,46-,47-,48-,49-,50-,51-,52+,53-,54+/m0/s1. The van der Waals surface area contributed by atoms with E-state index in [1.807, 2.05) is 6.92 Å². The largest absolute Gasteiger partial charge is 0.396 e. The van der Waals surface area contributed by atoms with Crippen LogP contribution in [-0.2, 0) is 61.9 Å². The van der Waals surface area contributed by atoms with Crippen LogP contribution in [0, 0.1) is 5.92 Å². The van der Waals surface area contributed by atoms with E-state index in [9.17, 15) is 95.2 Å². The van der Waals surface area contributed by atoms with Crippen LogP contribution in [0.5, 0.6) is 0 Å². The number of carbonyl (C=O) groups excluding carboxylic acids is 6. The molecule has 0 bridgehead atoms. The summed E-state index contributed by atoms with van der Waals surface area (Å²) in [6.45, 7) is 0.788. The smallest absolute Gasteiger partial charge is 0.234 e. The molecule has 20 atom stereocenters. The van der Waals surface area contributed by atoms with Gasteiger partial charge in [0.15, 0.2) is 18.9 Å². The summed E-state index contributed by atoms with van der Waals surface area (Å²) in [6, 6.07) is 0. The molecule has 86 heavy (non-hydrogen) atoms. The number of rotatable bonds is 39. The first kappa shape index (κ1) is 74.6. The number of aliphatic hydroxyl groups excluding tert-OH is 13. The van der Waals surface area contributed by atoms with Gasteiger partial charge in [0.25, 0.3) is 0 Å². The number of aliphatic hydroxyl groups is 13. The lowest BCUT2D eigenvalue weighted by Crippen LogP contribution is -2.65. The summed E-state index contributed by atoms with van der Waals surface area (Å²) in [4.78, 5) is 77.5. The number of hydrogen-bond donors (Lipinski definition) is 18. The molecule has 4 rings (SSSR count). The number of ketones is 1. The van der Waals surface area contributed by atoms with E-state index in [4.69, 9.17) is 33.2 Å². The fraction of sp³-hybridized carbons (Fsp3) is 0.889. The van der Waals surface area contributed by atoms with E-state index in [0.29, 0.717) is 51.5 Å². The summed E-state index contributed by atoms with van der Waals surface area (Å²) in [7, 11) is 0. The van der Waals surface area contributed by atoms with Crippen LogP contribution in [0.4, 0.5) is 0 Å². The highest BCUT2D eigenvalue weighted by molar-refractivity contribution is 5.84. The van der Waals surface area contributed by atoms with Crippen molar-refractivity contribution in [2.45, 2.75) is 214 Å². The topological polar surface area (TPSA) is 493 Å². The minimum absolute atomic E-state index is 0.0177. The molecule has 32 nitrogen and oxygen atoms in total. The van der Waals surface area contributed by atoms with Crippen molar-refractivity contribution in [2.75, 3.05) is 85.4 Å². The zero-order chi connectivity index (χ0) is 63.5. The van der Waals surface area contributed by atoms with E-state index in [1.54, 1.807) is 0 Å². The number of carbonyl (C=O) groups is 6. The molecule has 3 aliphatic heterocycles. The van der Waals surface area contributed by atoms with Crippen LogP contribution >= 0.6 is 0 Å². The third kappa shape index (κ3) is 24.5. The molecule has 0 unspecified atom stereocenters. The molecule has 0 aromatic rings. The highest BCUT2D eigenvalue weighted by Gasteiger charge is 2.52. The van der Waals surface area contributed by atoms with Crippen molar-refractivity contribution in [3.8, 4) is 0 Å². The zero-order valence-electron chi connectivity index (χ0n) is 49.0. The summed E-state index contributed by atoms with van der Waals surface area (Å²) >= 11 is 0. The lowest BCUT2D eigenvalue weighted by atomic mass is 9.81. The second kappa shape index (κ2) is 39.3. The first-order valence-electron chi connectivity index (χ1n) is 29.8. The molecule has 4 fully saturated rings. The van der Waals surface area contributed by atoms with Crippen LogP contribution in [0.2, 0.25) is 0 Å². The normalized spacial score (nSPS) is 33.0. The first-order valence-corrected chi connectivity index (χ1v) is 29.8. The third-order valence-electron chi connectivity index (χ3n) is 15.2. The Kier molecular flexibility index (Phi) is 34.1. The second-order valence-corrected chi connectivity index (χ2v) is 22.2. The van der Waals surface area contributed by atoms with Crippen molar-refractivity contribution in [1.82, 2.24) is 31.5 Å². The minimum atomic E-state index is -1.94. The lowest BCUT2D eigenvalue weighted by Gasteiger charge is -2.46. The fourth-order valence-corrected chi connectivity index (χ4v) is 10.1. The zero-order valence-corrected chi connectivity index (χ0v) is 49.0. The van der Waals surface area contributed by atoms with E-state index in [0.717, 1.165) is 12.8 Å². The Labute approximate surface area is 499 Å². The molecular weight excluding hydrogens is 1150 g/mol. The quantitative estimate of drug-likeness (QED) is 0.0254. The Morgan fingerprint density at radius 3 is 1.50 bits per heavy atom. The van der Waals surface area contributed by atoms with E-state index in [2.05, 4.69) is 26.6 Å². The van der Waals surface area contributed by atoms with Crippen molar-refractivity contribution >= 4 is 35.3 Å². The van der Waals surface area contributed by atoms with Gasteiger partial charge in [-0.15, -0.1) is 0 Å². The summed E-state index contributed by atoms with van der Waals surface area (Å²) in [5, 5.41) is 148. The van der Waals surface area contributed by atoms with Gasteiger partial charge < -0.3 is 126 Å². The number of unbranched alkanes of at least 4 members (excludes halogenated alkanes) is 4. The van der Waals surface area contributed by atoms with Gasteiger partial charge in [-0.05, 0) is 51.9 Å². The molecule has 3 heterocycles. The molecule has 5 amide bonds. The van der Waals surface area contributed by atoms with E-state index < -0.39 is 166 Å². The third-order valence-corrected chi connectivity index (χ3v) is 15.2. The van der Waals surface area contributed by atoms with Crippen LogP contribution in [0.3, 0.4) is 0 Å². The maximum Gasteiger partial charge on any atom is 0.234 e. The summed E-state index contributed by atoms with van der Waals surface area (Å²) < 4.78 is 39.2. The van der Waals surface area contributed by atoms with E-state index in [1.165, 1.54) is 11.8 Å². The lowest BCUT2D eigenvalue weighted by molar-refractivity contribution is -0.361. The molecule has 498 valence electrons. The van der Waals surface area contributed by atoms with Crippen molar-refractivity contribution in [3.05, 3.63) is 0 Å². The van der Waals surface area contributed by atoms with E-state index in [-0.39, 0.29) is 96.4 Å². The average Bonchev–Trinajstić information content (AvgIpc) is 2.62. The predicted molar refractivity (Wildman–Crippen MR) is 294 cm³/mol. The summed E-state index contributed by atoms with van der Waals surface area (Å²) in [5.74, 6) is -2.85. The van der Waals surface area contributed by atoms with Crippen LogP contribution in [0.15, 0.2) is 0 Å². The Hall–Kier alpha value is -3.82. The average molecular weight is 1250 g/mol. The molecule has 32 heteroatoms. The van der Waals surface area contributed by atoms with Crippen molar-refractivity contribution in [3.63, 3.8) is 0 Å². The van der Waals surface area contributed by atoms with Crippen LogP contribution in [0.1, 0.15) is 97.3 Å². The Morgan fingerprint density at radius 2 is 0.942 bits per heavy atom. The number of Topliss-reactive ketones (excluding diaryl/α,β-unsaturated/α-hetero) is 1. The van der Waals surface area contributed by atoms with Gasteiger partial charge in [0.05, 0.1) is 64.4 Å². The van der Waals surface area contributed by atoms with Crippen LogP contribution in [0.25, 0.3) is 0 Å². The van der Waals surface area contributed by atoms with Crippen molar-refractivity contribution in [2.24, 2.45) is 5.92 Å². The summed E-state index contributed by atoms with van der Waals surface area (Å²) in [6.07, 6.45) is -23.8. The highest BCUT2D eigenvalue weighted by Crippen LogP contribution is 2.32. The van der Waals surface area contributed by atoms with Gasteiger partial charge in [0, 0.05) is 70.9 Å². The maximum atomic E-state index is 13.1. The van der Waals surface area contributed by atoms with Gasteiger partial charge >= 0.3 is 0 Å². The van der Waals surface area contributed by atoms with Crippen molar-refractivity contribution in [1.29, 1.82) is 0 Å². The van der Waals surface area contributed by atoms with Gasteiger partial charge in [-0.1, -0.05) is 19.8 Å². The molecule has 3 saturated heterocycles.